The maximum atomic E-state index is 12.8. The molecule has 29 heavy (non-hydrogen) atoms. The Hall–Kier alpha value is -2.62. The fourth-order valence-electron chi connectivity index (χ4n) is 3.09. The van der Waals surface area contributed by atoms with Crippen LogP contribution in [0.2, 0.25) is 5.02 Å². The first-order valence-corrected chi connectivity index (χ1v) is 10.7. The normalized spacial score (nSPS) is 17.5. The fourth-order valence-corrected chi connectivity index (χ4v) is 4.81. The number of nitrogens with one attached hydrogen (secondary N) is 2. The summed E-state index contributed by atoms with van der Waals surface area (Å²) in [4.78, 5) is 24.8. The van der Waals surface area contributed by atoms with Gasteiger partial charge in [-0.3, -0.25) is 20.4 Å². The van der Waals surface area contributed by atoms with Crippen molar-refractivity contribution in [2.75, 3.05) is 13.1 Å². The molecule has 0 radical (unpaired) electrons. The van der Waals surface area contributed by atoms with Gasteiger partial charge in [0.05, 0.1) is 16.4 Å². The van der Waals surface area contributed by atoms with Crippen LogP contribution < -0.4 is 10.9 Å². The highest BCUT2D eigenvalue weighted by molar-refractivity contribution is 7.89. The van der Waals surface area contributed by atoms with Crippen LogP contribution in [0.3, 0.4) is 0 Å². The Morgan fingerprint density at radius 1 is 1.10 bits per heavy atom. The summed E-state index contributed by atoms with van der Waals surface area (Å²) in [6, 6.07) is 12.0. The predicted molar refractivity (Wildman–Crippen MR) is 107 cm³/mol. The number of halogens is 1. The molecule has 0 aromatic heterocycles. The highest BCUT2D eigenvalue weighted by atomic mass is 35.5. The molecule has 1 unspecified atom stereocenters. The molecular formula is C19H20ClN3O5S. The number of carbonyl (C=O) groups excluding carboxylic acids is 2. The van der Waals surface area contributed by atoms with Gasteiger partial charge in [0.1, 0.15) is 5.75 Å². The summed E-state index contributed by atoms with van der Waals surface area (Å²) in [7, 11) is -3.69. The molecule has 0 saturated carbocycles. The molecule has 2 aromatic carbocycles. The number of hydrogen-bond donors (Lipinski definition) is 3. The van der Waals surface area contributed by atoms with E-state index in [1.807, 2.05) is 0 Å². The standard InChI is InChI=1S/C19H20ClN3O5S/c20-14-8-9-17(24)16(11-14)19(26)22-21-18(25)13-5-4-10-23(12-13)29(27,28)15-6-2-1-3-7-15/h1-3,6-9,11,13,24H,4-5,10,12H2,(H,21,25)(H,22,26). The number of nitrogens with zero attached hydrogens (tertiary/aromatic N) is 1. The molecule has 1 heterocycles. The van der Waals surface area contributed by atoms with Crippen molar-refractivity contribution < 1.29 is 23.1 Å². The lowest BCUT2D eigenvalue weighted by Gasteiger charge is -2.31. The molecule has 3 rings (SSSR count). The van der Waals surface area contributed by atoms with Gasteiger partial charge < -0.3 is 5.11 Å². The zero-order valence-corrected chi connectivity index (χ0v) is 16.9. The van der Waals surface area contributed by atoms with Gasteiger partial charge in [0.25, 0.3) is 5.91 Å². The molecule has 10 heteroatoms. The Labute approximate surface area is 173 Å². The summed E-state index contributed by atoms with van der Waals surface area (Å²) in [5.41, 5.74) is 4.43. The van der Waals surface area contributed by atoms with Gasteiger partial charge >= 0.3 is 0 Å². The number of amides is 2. The van der Waals surface area contributed by atoms with Gasteiger partial charge in [-0.2, -0.15) is 4.31 Å². The number of sulfonamides is 1. The van der Waals surface area contributed by atoms with E-state index < -0.39 is 27.8 Å². The Morgan fingerprint density at radius 3 is 2.55 bits per heavy atom. The van der Waals surface area contributed by atoms with Crippen molar-refractivity contribution in [3.8, 4) is 5.75 Å². The second-order valence-electron chi connectivity index (χ2n) is 6.62. The van der Waals surface area contributed by atoms with Crippen molar-refractivity contribution in [1.82, 2.24) is 15.2 Å². The van der Waals surface area contributed by atoms with E-state index in [4.69, 9.17) is 11.6 Å². The number of phenols is 1. The highest BCUT2D eigenvalue weighted by Gasteiger charge is 2.33. The van der Waals surface area contributed by atoms with Crippen LogP contribution in [0.15, 0.2) is 53.4 Å². The number of hydrazine groups is 1. The van der Waals surface area contributed by atoms with Crippen LogP contribution in [-0.4, -0.2) is 42.7 Å². The van der Waals surface area contributed by atoms with Crippen LogP contribution >= 0.6 is 11.6 Å². The molecule has 0 aliphatic carbocycles. The molecule has 3 N–H and O–H groups in total. The van der Waals surface area contributed by atoms with Crippen LogP contribution in [-0.2, 0) is 14.8 Å². The average molecular weight is 438 g/mol. The molecule has 1 aliphatic heterocycles. The van der Waals surface area contributed by atoms with Gasteiger partial charge in [-0.15, -0.1) is 0 Å². The summed E-state index contributed by atoms with van der Waals surface area (Å²) in [6.45, 7) is 0.338. The van der Waals surface area contributed by atoms with Crippen molar-refractivity contribution in [2.24, 2.45) is 5.92 Å². The molecule has 1 aliphatic rings. The smallest absolute Gasteiger partial charge is 0.273 e. The minimum Gasteiger partial charge on any atom is -0.507 e. The van der Waals surface area contributed by atoms with Gasteiger partial charge in [-0.1, -0.05) is 29.8 Å². The number of rotatable bonds is 4. The topological polar surface area (TPSA) is 116 Å². The Bertz CT molecular complexity index is 1010. The first-order valence-electron chi connectivity index (χ1n) is 8.93. The minimum absolute atomic E-state index is 0.0152. The number of carbonyl (C=O) groups is 2. The van der Waals surface area contributed by atoms with E-state index >= 15 is 0 Å². The molecule has 1 fully saturated rings. The third-order valence-electron chi connectivity index (χ3n) is 4.64. The maximum absolute atomic E-state index is 12.8. The molecule has 154 valence electrons. The first kappa shape index (κ1) is 21.1. The second kappa shape index (κ2) is 8.81. The lowest BCUT2D eigenvalue weighted by Crippen LogP contribution is -2.50. The van der Waals surface area contributed by atoms with Gasteiger partial charge in [0, 0.05) is 18.1 Å². The quantitative estimate of drug-likeness (QED) is 0.632. The summed E-state index contributed by atoms with van der Waals surface area (Å²) in [5.74, 6) is -2.13. The highest BCUT2D eigenvalue weighted by Crippen LogP contribution is 2.24. The van der Waals surface area contributed by atoms with E-state index in [0.717, 1.165) is 0 Å². The van der Waals surface area contributed by atoms with Crippen molar-refractivity contribution >= 4 is 33.4 Å². The monoisotopic (exact) mass is 437 g/mol. The van der Waals surface area contributed by atoms with E-state index in [-0.39, 0.29) is 27.8 Å². The number of phenolic OH excluding ortho intramolecular Hbond substituents is 1. The number of aromatic hydroxyl groups is 1. The van der Waals surface area contributed by atoms with Crippen LogP contribution in [0.4, 0.5) is 0 Å². The first-order chi connectivity index (χ1) is 13.8. The Morgan fingerprint density at radius 2 is 1.83 bits per heavy atom. The van der Waals surface area contributed by atoms with Crippen LogP contribution in [0.25, 0.3) is 0 Å². The molecule has 0 spiro atoms. The second-order valence-corrected chi connectivity index (χ2v) is 8.99. The van der Waals surface area contributed by atoms with E-state index in [1.165, 1.54) is 34.6 Å². The zero-order chi connectivity index (χ0) is 21.0. The predicted octanol–water partition coefficient (Wildman–Crippen LogP) is 1.91. The number of piperidine rings is 1. The summed E-state index contributed by atoms with van der Waals surface area (Å²) in [5, 5.41) is 10.0. The SMILES string of the molecule is O=C(NNC(=O)C1CCCN(S(=O)(=O)c2ccccc2)C1)c1cc(Cl)ccc1O. The summed E-state index contributed by atoms with van der Waals surface area (Å²) in [6.07, 6.45) is 1.01. The lowest BCUT2D eigenvalue weighted by molar-refractivity contribution is -0.126. The molecule has 1 atom stereocenters. The van der Waals surface area contributed by atoms with Gasteiger partial charge in [-0.05, 0) is 43.2 Å². The maximum Gasteiger partial charge on any atom is 0.273 e. The largest absolute Gasteiger partial charge is 0.507 e. The van der Waals surface area contributed by atoms with Crippen LogP contribution in [0.5, 0.6) is 5.75 Å². The van der Waals surface area contributed by atoms with Crippen molar-refractivity contribution in [2.45, 2.75) is 17.7 Å². The fraction of sp³-hybridized carbons (Fsp3) is 0.263. The molecule has 2 aromatic rings. The zero-order valence-electron chi connectivity index (χ0n) is 15.3. The average Bonchev–Trinajstić information content (AvgIpc) is 2.74. The lowest BCUT2D eigenvalue weighted by atomic mass is 9.99. The van der Waals surface area contributed by atoms with E-state index in [9.17, 15) is 23.1 Å². The number of hydrogen-bond acceptors (Lipinski definition) is 5. The van der Waals surface area contributed by atoms with Crippen molar-refractivity contribution in [1.29, 1.82) is 0 Å². The van der Waals surface area contributed by atoms with E-state index in [0.29, 0.717) is 19.4 Å². The molecular weight excluding hydrogens is 418 g/mol. The third kappa shape index (κ3) is 4.87. The molecule has 1 saturated heterocycles. The van der Waals surface area contributed by atoms with Crippen LogP contribution in [0, 0.1) is 5.92 Å². The Balaban J connectivity index is 1.63. The molecule has 8 nitrogen and oxygen atoms in total. The van der Waals surface area contributed by atoms with Gasteiger partial charge in [0.2, 0.25) is 15.9 Å². The van der Waals surface area contributed by atoms with E-state index in [1.54, 1.807) is 18.2 Å². The van der Waals surface area contributed by atoms with Crippen molar-refractivity contribution in [3.63, 3.8) is 0 Å². The summed E-state index contributed by atoms with van der Waals surface area (Å²) < 4.78 is 26.8. The molecule has 0 bridgehead atoms. The van der Waals surface area contributed by atoms with E-state index in [2.05, 4.69) is 10.9 Å². The van der Waals surface area contributed by atoms with Crippen LogP contribution in [0.1, 0.15) is 23.2 Å². The van der Waals surface area contributed by atoms with Crippen molar-refractivity contribution in [3.05, 3.63) is 59.1 Å². The van der Waals surface area contributed by atoms with Gasteiger partial charge in [-0.25, -0.2) is 8.42 Å². The Kier molecular flexibility index (Phi) is 6.41. The number of benzene rings is 2. The third-order valence-corrected chi connectivity index (χ3v) is 6.75. The van der Waals surface area contributed by atoms with Gasteiger partial charge in [0.15, 0.2) is 0 Å². The minimum atomic E-state index is -3.69. The summed E-state index contributed by atoms with van der Waals surface area (Å²) >= 11 is 5.81. The molecule has 2 amide bonds.